The van der Waals surface area contributed by atoms with Crippen LogP contribution in [-0.4, -0.2) is 25.3 Å². The predicted molar refractivity (Wildman–Crippen MR) is 80.3 cm³/mol. The predicted octanol–water partition coefficient (Wildman–Crippen LogP) is 0.866. The number of benzene rings is 1. The Kier molecular flexibility index (Phi) is 4.22. The van der Waals surface area contributed by atoms with Crippen molar-refractivity contribution in [1.82, 2.24) is 0 Å². The number of hydrogen-bond acceptors (Lipinski definition) is 4. The van der Waals surface area contributed by atoms with Crippen LogP contribution in [0.25, 0.3) is 0 Å². The van der Waals surface area contributed by atoms with E-state index in [9.17, 15) is 0 Å². The second kappa shape index (κ2) is 6.08. The summed E-state index contributed by atoms with van der Waals surface area (Å²) in [6.07, 6.45) is 5.37. The Labute approximate surface area is 113 Å². The minimum Gasteiger partial charge on any atom is -0.399 e. The van der Waals surface area contributed by atoms with E-state index in [0.717, 1.165) is 24.3 Å². The highest BCUT2D eigenvalue weighted by atomic mass is 15.3. The Morgan fingerprint density at radius 2 is 1.89 bits per heavy atom. The van der Waals surface area contributed by atoms with Crippen LogP contribution in [0.4, 0.5) is 11.4 Å². The zero-order chi connectivity index (χ0) is 13.7. The molecule has 0 aliphatic carbocycles. The average Bonchev–Trinajstić information content (AvgIpc) is 2.39. The monoisotopic (exact) mass is 260 g/mol. The molecule has 0 amide bonds. The molecule has 19 heavy (non-hydrogen) atoms. The number of nitrogens with zero attached hydrogens (tertiary/aromatic N) is 3. The summed E-state index contributed by atoms with van der Waals surface area (Å²) in [5.74, 6) is -0.0559. The van der Waals surface area contributed by atoms with Crippen molar-refractivity contribution in [2.75, 3.05) is 23.7 Å². The Morgan fingerprint density at radius 1 is 1.16 bits per heavy atom. The number of nitrogens with two attached hydrogens (primary N) is 3. The number of guanidine groups is 1. The highest BCUT2D eigenvalue weighted by Crippen LogP contribution is 2.25. The van der Waals surface area contributed by atoms with Crippen LogP contribution in [0, 0.1) is 0 Å². The number of anilines is 2. The highest BCUT2D eigenvalue weighted by Gasteiger charge is 2.13. The van der Waals surface area contributed by atoms with Crippen molar-refractivity contribution < 1.29 is 0 Å². The fourth-order valence-corrected chi connectivity index (χ4v) is 2.26. The second-order valence-corrected chi connectivity index (χ2v) is 4.64. The molecule has 0 spiro atoms. The molecule has 1 saturated heterocycles. The highest BCUT2D eigenvalue weighted by molar-refractivity contribution is 5.90. The molecule has 0 aromatic heterocycles. The molecule has 102 valence electrons. The molecule has 6 nitrogen and oxygen atoms in total. The van der Waals surface area contributed by atoms with Gasteiger partial charge < -0.3 is 22.1 Å². The third-order valence-corrected chi connectivity index (χ3v) is 3.12. The molecule has 1 aromatic rings. The molecule has 2 rings (SSSR count). The summed E-state index contributed by atoms with van der Waals surface area (Å²) in [6.45, 7) is 2.13. The van der Waals surface area contributed by atoms with Gasteiger partial charge in [0.1, 0.15) is 0 Å². The summed E-state index contributed by atoms with van der Waals surface area (Å²) >= 11 is 0. The SMILES string of the molecule is NC(N)=N/N=C\c1cc(N)ccc1N1CCCCC1. The third-order valence-electron chi connectivity index (χ3n) is 3.12. The van der Waals surface area contributed by atoms with Crippen molar-refractivity contribution in [2.24, 2.45) is 21.7 Å². The molecule has 0 atom stereocenters. The molecule has 1 aliphatic heterocycles. The third kappa shape index (κ3) is 3.61. The normalized spacial score (nSPS) is 15.7. The van der Waals surface area contributed by atoms with Crippen molar-refractivity contribution in [1.29, 1.82) is 0 Å². The van der Waals surface area contributed by atoms with Gasteiger partial charge in [-0.05, 0) is 37.5 Å². The van der Waals surface area contributed by atoms with Gasteiger partial charge in [-0.15, -0.1) is 5.10 Å². The lowest BCUT2D eigenvalue weighted by Gasteiger charge is -2.30. The van der Waals surface area contributed by atoms with Crippen molar-refractivity contribution >= 4 is 23.5 Å². The van der Waals surface area contributed by atoms with E-state index < -0.39 is 0 Å². The molecular formula is C13H20N6. The molecular weight excluding hydrogens is 240 g/mol. The van der Waals surface area contributed by atoms with Crippen LogP contribution in [0.15, 0.2) is 28.4 Å². The van der Waals surface area contributed by atoms with Gasteiger partial charge in [-0.3, -0.25) is 0 Å². The van der Waals surface area contributed by atoms with Crippen LogP contribution in [0.3, 0.4) is 0 Å². The van der Waals surface area contributed by atoms with Crippen molar-refractivity contribution in [3.63, 3.8) is 0 Å². The van der Waals surface area contributed by atoms with E-state index in [2.05, 4.69) is 15.1 Å². The van der Waals surface area contributed by atoms with Gasteiger partial charge in [-0.2, -0.15) is 5.10 Å². The molecule has 0 radical (unpaired) electrons. The van der Waals surface area contributed by atoms with E-state index >= 15 is 0 Å². The summed E-state index contributed by atoms with van der Waals surface area (Å²) in [5.41, 5.74) is 19.1. The summed E-state index contributed by atoms with van der Waals surface area (Å²) in [5, 5.41) is 7.49. The first kappa shape index (κ1) is 13.2. The van der Waals surface area contributed by atoms with Crippen molar-refractivity contribution in [2.45, 2.75) is 19.3 Å². The van der Waals surface area contributed by atoms with Gasteiger partial charge >= 0.3 is 0 Å². The Balaban J connectivity index is 2.26. The van der Waals surface area contributed by atoms with Crippen molar-refractivity contribution in [3.05, 3.63) is 23.8 Å². The van der Waals surface area contributed by atoms with Gasteiger partial charge in [-0.25, -0.2) is 0 Å². The Morgan fingerprint density at radius 3 is 2.58 bits per heavy atom. The first-order valence-electron chi connectivity index (χ1n) is 6.43. The zero-order valence-corrected chi connectivity index (χ0v) is 10.9. The maximum Gasteiger partial charge on any atom is 0.211 e. The summed E-state index contributed by atoms with van der Waals surface area (Å²) in [7, 11) is 0. The van der Waals surface area contributed by atoms with E-state index in [-0.39, 0.29) is 5.96 Å². The molecule has 0 unspecified atom stereocenters. The average molecular weight is 260 g/mol. The number of rotatable bonds is 3. The maximum absolute atomic E-state index is 5.82. The van der Waals surface area contributed by atoms with Crippen LogP contribution >= 0.6 is 0 Å². The Bertz CT molecular complexity index is 484. The minimum atomic E-state index is -0.0559. The van der Waals surface area contributed by atoms with E-state index in [1.54, 1.807) is 6.21 Å². The van der Waals surface area contributed by atoms with Crippen molar-refractivity contribution in [3.8, 4) is 0 Å². The summed E-state index contributed by atoms with van der Waals surface area (Å²) in [4.78, 5) is 2.35. The quantitative estimate of drug-likeness (QED) is 0.324. The fraction of sp³-hybridized carbons (Fsp3) is 0.385. The minimum absolute atomic E-state index is 0.0559. The standard InChI is InChI=1S/C13H20N6/c14-11-4-5-12(19-6-2-1-3-7-19)10(8-11)9-17-18-13(15)16/h4-5,8-9H,1-3,6-7,14H2,(H4,15,16,18)/b17-9-. The van der Waals surface area contributed by atoms with Gasteiger partial charge in [0.15, 0.2) is 0 Å². The van der Waals surface area contributed by atoms with Gasteiger partial charge in [0.2, 0.25) is 5.96 Å². The number of nitrogen functional groups attached to an aromatic ring is 1. The zero-order valence-electron chi connectivity index (χ0n) is 10.9. The van der Waals surface area contributed by atoms with Crippen LogP contribution in [-0.2, 0) is 0 Å². The molecule has 1 aliphatic rings. The largest absolute Gasteiger partial charge is 0.399 e. The van der Waals surface area contributed by atoms with Gasteiger partial charge in [0.05, 0.1) is 6.21 Å². The summed E-state index contributed by atoms with van der Waals surface area (Å²) in [6, 6.07) is 5.81. The van der Waals surface area contributed by atoms with E-state index in [1.807, 2.05) is 18.2 Å². The van der Waals surface area contributed by atoms with Gasteiger partial charge in [0.25, 0.3) is 0 Å². The first-order chi connectivity index (χ1) is 9.16. The van der Waals surface area contributed by atoms with E-state index in [4.69, 9.17) is 17.2 Å². The van der Waals surface area contributed by atoms with Crippen LogP contribution in [0.5, 0.6) is 0 Å². The molecule has 1 fully saturated rings. The molecule has 1 heterocycles. The molecule has 0 bridgehead atoms. The fourth-order valence-electron chi connectivity index (χ4n) is 2.26. The first-order valence-corrected chi connectivity index (χ1v) is 6.43. The molecule has 6 heteroatoms. The second-order valence-electron chi connectivity index (χ2n) is 4.64. The number of piperidine rings is 1. The van der Waals surface area contributed by atoms with Gasteiger partial charge in [-0.1, -0.05) is 0 Å². The molecule has 0 saturated carbocycles. The molecule has 1 aromatic carbocycles. The maximum atomic E-state index is 5.82. The van der Waals surface area contributed by atoms with Crippen LogP contribution in [0.1, 0.15) is 24.8 Å². The van der Waals surface area contributed by atoms with E-state index in [1.165, 1.54) is 19.3 Å². The lowest BCUT2D eigenvalue weighted by molar-refractivity contribution is 0.578. The lowest BCUT2D eigenvalue weighted by atomic mass is 10.1. The van der Waals surface area contributed by atoms with Gasteiger partial charge in [0, 0.05) is 30.0 Å². The number of hydrogen-bond donors (Lipinski definition) is 3. The lowest BCUT2D eigenvalue weighted by Crippen LogP contribution is -2.30. The Hall–Kier alpha value is -2.24. The smallest absolute Gasteiger partial charge is 0.211 e. The topological polar surface area (TPSA) is 106 Å². The molecule has 6 N–H and O–H groups in total. The van der Waals surface area contributed by atoms with E-state index in [0.29, 0.717) is 5.69 Å². The van der Waals surface area contributed by atoms with Crippen LogP contribution in [0.2, 0.25) is 0 Å². The van der Waals surface area contributed by atoms with Crippen LogP contribution < -0.4 is 22.1 Å². The summed E-state index contributed by atoms with van der Waals surface area (Å²) < 4.78 is 0.